The number of benzene rings is 3. The van der Waals surface area contributed by atoms with Gasteiger partial charge < -0.3 is 20.3 Å². The second-order valence-electron chi connectivity index (χ2n) is 11.7. The molecule has 0 aromatic heterocycles. The summed E-state index contributed by atoms with van der Waals surface area (Å²) in [5.41, 5.74) is 1.65. The van der Waals surface area contributed by atoms with E-state index < -0.39 is 22.8 Å². The van der Waals surface area contributed by atoms with Crippen molar-refractivity contribution in [1.29, 1.82) is 0 Å². The number of hydrogen-bond acceptors (Lipinski definition) is 4. The molecule has 10 heteroatoms. The van der Waals surface area contributed by atoms with Gasteiger partial charge in [0.25, 0.3) is 0 Å². The van der Waals surface area contributed by atoms with Crippen LogP contribution in [0.25, 0.3) is 0 Å². The van der Waals surface area contributed by atoms with Gasteiger partial charge in [0.1, 0.15) is 25.6 Å². The number of halogens is 2. The van der Waals surface area contributed by atoms with E-state index in [2.05, 4.69) is 10.6 Å². The van der Waals surface area contributed by atoms with E-state index in [9.17, 15) is 14.4 Å². The third-order valence-electron chi connectivity index (χ3n) is 8.05. The molecule has 0 bridgehead atoms. The number of anilines is 1. The molecule has 0 saturated carbocycles. The highest BCUT2D eigenvalue weighted by Gasteiger charge is 2.61. The molecule has 0 radical (unpaired) electrons. The van der Waals surface area contributed by atoms with Gasteiger partial charge in [-0.3, -0.25) is 14.4 Å². The molecule has 3 aromatic rings. The zero-order valence-electron chi connectivity index (χ0n) is 23.7. The maximum absolute atomic E-state index is 14.3. The number of nitrogens with one attached hydrogen (secondary N) is 2. The van der Waals surface area contributed by atoms with E-state index in [1.165, 1.54) is 4.90 Å². The summed E-state index contributed by atoms with van der Waals surface area (Å²) in [6.07, 6.45) is 0.0820. The first-order valence-corrected chi connectivity index (χ1v) is 14.2. The van der Waals surface area contributed by atoms with E-state index >= 15 is 0 Å². The SMILES string of the molecule is Bc1ccc(OCC(C)(C)C(=O)N(C)C)c([C@H]2NC(=O)C[C@@H](c3cccc(Cl)c3)[C@]23C(=O)Nc2cc(Cl)ccc23)c1. The maximum Gasteiger partial charge on any atom is 0.238 e. The lowest BCUT2D eigenvalue weighted by Gasteiger charge is -2.46. The Morgan fingerprint density at radius 2 is 1.80 bits per heavy atom. The Kier molecular flexibility index (Phi) is 7.60. The van der Waals surface area contributed by atoms with Crippen LogP contribution in [-0.2, 0) is 19.8 Å². The second-order valence-corrected chi connectivity index (χ2v) is 12.6. The van der Waals surface area contributed by atoms with Crippen molar-refractivity contribution in [2.45, 2.75) is 37.6 Å². The molecule has 3 amide bonds. The number of nitrogens with zero attached hydrogens (tertiary/aromatic N) is 1. The molecule has 7 nitrogen and oxygen atoms in total. The summed E-state index contributed by atoms with van der Waals surface area (Å²) >= 11 is 12.8. The van der Waals surface area contributed by atoms with Crippen LogP contribution < -0.4 is 20.8 Å². The first-order valence-electron chi connectivity index (χ1n) is 13.5. The highest BCUT2D eigenvalue weighted by atomic mass is 35.5. The minimum absolute atomic E-state index is 0.0735. The van der Waals surface area contributed by atoms with Crippen molar-refractivity contribution >= 4 is 59.9 Å². The van der Waals surface area contributed by atoms with Crippen LogP contribution in [0.1, 0.15) is 48.9 Å². The molecule has 2 N–H and O–H groups in total. The van der Waals surface area contributed by atoms with Crippen LogP contribution in [-0.4, -0.2) is 51.2 Å². The molecule has 2 aliphatic heterocycles. The van der Waals surface area contributed by atoms with Crippen LogP contribution in [0.2, 0.25) is 10.0 Å². The predicted molar refractivity (Wildman–Crippen MR) is 164 cm³/mol. The van der Waals surface area contributed by atoms with Crippen LogP contribution >= 0.6 is 23.2 Å². The third kappa shape index (κ3) is 5.08. The number of amides is 3. The maximum atomic E-state index is 14.3. The average Bonchev–Trinajstić information content (AvgIpc) is 3.19. The van der Waals surface area contributed by atoms with E-state index in [1.807, 2.05) is 64.2 Å². The minimum Gasteiger partial charge on any atom is -0.492 e. The standard InChI is InChI=1S/C31H32BCl2N3O4/c1-30(2,29(40)37(3)4)16-41-25-11-8-18(32)13-21(25)27-31(22-10-9-20(34)14-24(22)35-28(31)39)23(15-26(38)36-27)17-6-5-7-19(33)12-17/h5-14,23,27H,15-16,32H2,1-4H3,(H,35,39)(H,36,38)/t23-,27+,31-/m0/s1. The molecule has 1 spiro atoms. The molecule has 0 unspecified atom stereocenters. The molecule has 1 fully saturated rings. The molecule has 2 aliphatic rings. The van der Waals surface area contributed by atoms with Gasteiger partial charge in [-0.25, -0.2) is 0 Å². The number of carbonyl (C=O) groups is 3. The number of piperidine rings is 1. The zero-order valence-corrected chi connectivity index (χ0v) is 25.2. The Balaban J connectivity index is 1.71. The number of rotatable bonds is 6. The lowest BCUT2D eigenvalue weighted by atomic mass is 9.59. The summed E-state index contributed by atoms with van der Waals surface area (Å²) in [5.74, 6) is -0.573. The molecule has 2 heterocycles. The summed E-state index contributed by atoms with van der Waals surface area (Å²) in [5, 5.41) is 7.20. The quantitative estimate of drug-likeness (QED) is 0.425. The van der Waals surface area contributed by atoms with Gasteiger partial charge in [0.05, 0.1) is 11.5 Å². The van der Waals surface area contributed by atoms with Crippen molar-refractivity contribution in [3.63, 3.8) is 0 Å². The van der Waals surface area contributed by atoms with E-state index in [1.54, 1.807) is 32.3 Å². The van der Waals surface area contributed by atoms with E-state index in [0.29, 0.717) is 27.0 Å². The molecule has 0 aliphatic carbocycles. The molecule has 3 aromatic carbocycles. The van der Waals surface area contributed by atoms with Gasteiger partial charge in [-0.1, -0.05) is 59.0 Å². The van der Waals surface area contributed by atoms with Gasteiger partial charge in [-0.05, 0) is 55.3 Å². The van der Waals surface area contributed by atoms with Crippen molar-refractivity contribution in [2.24, 2.45) is 5.41 Å². The van der Waals surface area contributed by atoms with Crippen molar-refractivity contribution in [2.75, 3.05) is 26.0 Å². The summed E-state index contributed by atoms with van der Waals surface area (Å²) in [4.78, 5) is 42.1. The van der Waals surface area contributed by atoms with Gasteiger partial charge in [-0.15, -0.1) is 0 Å². The molecule has 5 rings (SSSR count). The molecule has 3 atom stereocenters. The van der Waals surface area contributed by atoms with E-state index in [0.717, 1.165) is 16.6 Å². The first kappa shape index (κ1) is 29.0. The fraction of sp³-hybridized carbons (Fsp3) is 0.323. The van der Waals surface area contributed by atoms with Crippen LogP contribution in [0.15, 0.2) is 60.7 Å². The number of ether oxygens (including phenoxy) is 1. The van der Waals surface area contributed by atoms with Crippen molar-refractivity contribution in [3.8, 4) is 5.75 Å². The minimum atomic E-state index is -1.24. The van der Waals surface area contributed by atoms with Crippen molar-refractivity contribution < 1.29 is 19.1 Å². The lowest BCUT2D eigenvalue weighted by Crippen LogP contribution is -2.57. The summed E-state index contributed by atoms with van der Waals surface area (Å²) in [6.45, 7) is 3.75. The molecule has 1 saturated heterocycles. The van der Waals surface area contributed by atoms with Gasteiger partial charge in [-0.2, -0.15) is 0 Å². The predicted octanol–water partition coefficient (Wildman–Crippen LogP) is 3.98. The first-order chi connectivity index (χ1) is 19.3. The Morgan fingerprint density at radius 1 is 1.07 bits per heavy atom. The van der Waals surface area contributed by atoms with Gasteiger partial charge in [0, 0.05) is 47.7 Å². The van der Waals surface area contributed by atoms with E-state index in [-0.39, 0.29) is 30.7 Å². The van der Waals surface area contributed by atoms with Crippen LogP contribution in [0.5, 0.6) is 5.75 Å². The van der Waals surface area contributed by atoms with E-state index in [4.69, 9.17) is 27.9 Å². The van der Waals surface area contributed by atoms with Gasteiger partial charge in [0.2, 0.25) is 17.7 Å². The Bertz CT molecular complexity index is 1560. The van der Waals surface area contributed by atoms with Crippen LogP contribution in [0.3, 0.4) is 0 Å². The van der Waals surface area contributed by atoms with Gasteiger partial charge >= 0.3 is 0 Å². The Morgan fingerprint density at radius 3 is 2.51 bits per heavy atom. The highest BCUT2D eigenvalue weighted by Crippen LogP contribution is 2.58. The highest BCUT2D eigenvalue weighted by molar-refractivity contribution is 6.32. The third-order valence-corrected chi connectivity index (χ3v) is 8.52. The number of hydrogen-bond donors (Lipinski definition) is 2. The molecule has 41 heavy (non-hydrogen) atoms. The largest absolute Gasteiger partial charge is 0.492 e. The van der Waals surface area contributed by atoms with Crippen molar-refractivity contribution in [1.82, 2.24) is 10.2 Å². The molecule has 212 valence electrons. The Hall–Kier alpha value is -3.49. The number of carbonyl (C=O) groups excluding carboxylic acids is 3. The summed E-state index contributed by atoms with van der Waals surface area (Å²) in [7, 11) is 5.36. The Labute approximate surface area is 250 Å². The molecular formula is C31H32BCl2N3O4. The van der Waals surface area contributed by atoms with Crippen LogP contribution in [0, 0.1) is 5.41 Å². The zero-order chi connectivity index (χ0) is 29.7. The normalized spacial score (nSPS) is 21.7. The monoisotopic (exact) mass is 591 g/mol. The second kappa shape index (κ2) is 10.7. The fourth-order valence-corrected chi connectivity index (χ4v) is 6.59. The average molecular weight is 592 g/mol. The van der Waals surface area contributed by atoms with Crippen molar-refractivity contribution in [3.05, 3.63) is 87.4 Å². The lowest BCUT2D eigenvalue weighted by molar-refractivity contribution is -0.139. The summed E-state index contributed by atoms with van der Waals surface area (Å²) < 4.78 is 6.35. The van der Waals surface area contributed by atoms with Crippen LogP contribution in [0.4, 0.5) is 5.69 Å². The van der Waals surface area contributed by atoms with Gasteiger partial charge in [0.15, 0.2) is 0 Å². The molecular weight excluding hydrogens is 560 g/mol. The fourth-order valence-electron chi connectivity index (χ4n) is 6.22. The smallest absolute Gasteiger partial charge is 0.238 e. The number of fused-ring (bicyclic) bond motifs is 2. The summed E-state index contributed by atoms with van der Waals surface area (Å²) in [6, 6.07) is 17.5. The topological polar surface area (TPSA) is 87.7 Å².